The highest BCUT2D eigenvalue weighted by Crippen LogP contribution is 2.48. The summed E-state index contributed by atoms with van der Waals surface area (Å²) < 4.78 is 0. The van der Waals surface area contributed by atoms with E-state index in [9.17, 15) is 14.4 Å². The molecule has 0 bridgehead atoms. The molecule has 4 amide bonds. The van der Waals surface area contributed by atoms with Gasteiger partial charge >= 0.3 is 6.03 Å². The number of carbonyl (C=O) groups is 3. The van der Waals surface area contributed by atoms with Gasteiger partial charge in [-0.2, -0.15) is 0 Å². The number of piperidine rings is 1. The lowest BCUT2D eigenvalue weighted by Crippen LogP contribution is -2.62. The van der Waals surface area contributed by atoms with E-state index in [1.165, 1.54) is 17.8 Å². The number of aromatic nitrogens is 2. The minimum absolute atomic E-state index is 0.0212. The molecule has 1 saturated carbocycles. The maximum Gasteiger partial charge on any atom is 0.326 e. The second-order valence-corrected chi connectivity index (χ2v) is 11.0. The summed E-state index contributed by atoms with van der Waals surface area (Å²) >= 11 is 1.47. The van der Waals surface area contributed by atoms with Gasteiger partial charge in [-0.15, -0.1) is 0 Å². The highest BCUT2D eigenvalue weighted by molar-refractivity contribution is 8.04. The quantitative estimate of drug-likeness (QED) is 0.421. The van der Waals surface area contributed by atoms with Gasteiger partial charge in [-0.3, -0.25) is 24.5 Å². The smallest absolute Gasteiger partial charge is 0.326 e. The standard InChI is InChI=1S/C27H29N7O3S/c1-2-21(35)31-17-6-3-7-18(17)32-25(36)24-23-22-20(9-12-30-26(22)38-24)34(27(37)33-23)16-8-11-29-19(13-16)15-5-4-10-28-14-15/h2,4-5,8,10-11,13-14,17-18,20,22,26,30H,1,3,6-7,9,12H2,(H,31,35)(H,32,36)(H,33,37)/t17-,18-,20?,22?,26?/m1/s1. The molecule has 3 unspecified atom stereocenters. The van der Waals surface area contributed by atoms with Crippen LogP contribution in [-0.4, -0.2) is 57.9 Å². The van der Waals surface area contributed by atoms with Gasteiger partial charge in [0.05, 0.1) is 22.0 Å². The van der Waals surface area contributed by atoms with Crippen molar-refractivity contribution in [3.05, 3.63) is 66.1 Å². The van der Waals surface area contributed by atoms with Crippen LogP contribution in [0.15, 0.2) is 66.1 Å². The van der Waals surface area contributed by atoms with Crippen molar-refractivity contribution in [2.45, 2.75) is 49.2 Å². The van der Waals surface area contributed by atoms with Gasteiger partial charge in [-0.05, 0) is 62.6 Å². The minimum atomic E-state index is -0.255. The molecule has 5 heterocycles. The summed E-state index contributed by atoms with van der Waals surface area (Å²) in [6.07, 6.45) is 9.69. The Labute approximate surface area is 224 Å². The molecular weight excluding hydrogens is 502 g/mol. The molecule has 0 spiro atoms. The van der Waals surface area contributed by atoms with Crippen LogP contribution in [0.25, 0.3) is 11.3 Å². The molecule has 196 valence electrons. The maximum atomic E-state index is 13.5. The Morgan fingerprint density at radius 1 is 1.16 bits per heavy atom. The Morgan fingerprint density at radius 3 is 2.79 bits per heavy atom. The monoisotopic (exact) mass is 531 g/mol. The SMILES string of the molecule is C=CC(=O)N[C@@H]1CCC[C@H]1NC(=O)C1=C2NC(=O)N(c3ccnc(-c4cccnc4)c3)C3CCNC(S1)C23. The van der Waals surface area contributed by atoms with Crippen molar-refractivity contribution >= 4 is 35.3 Å². The predicted molar refractivity (Wildman–Crippen MR) is 145 cm³/mol. The highest BCUT2D eigenvalue weighted by Gasteiger charge is 2.52. The van der Waals surface area contributed by atoms with Crippen LogP contribution in [0.4, 0.5) is 10.5 Å². The summed E-state index contributed by atoms with van der Waals surface area (Å²) in [7, 11) is 0. The van der Waals surface area contributed by atoms with Crippen molar-refractivity contribution < 1.29 is 14.4 Å². The number of rotatable bonds is 6. The molecule has 0 radical (unpaired) electrons. The third kappa shape index (κ3) is 4.45. The van der Waals surface area contributed by atoms with Gasteiger partial charge < -0.3 is 21.3 Å². The fourth-order valence-electron chi connectivity index (χ4n) is 5.95. The predicted octanol–water partition coefficient (Wildman–Crippen LogP) is 2.28. The van der Waals surface area contributed by atoms with Gasteiger partial charge in [-0.1, -0.05) is 18.3 Å². The average molecular weight is 532 g/mol. The number of nitrogens with zero attached hydrogens (tertiary/aromatic N) is 3. The molecule has 4 aliphatic rings. The van der Waals surface area contributed by atoms with E-state index in [4.69, 9.17) is 0 Å². The Hall–Kier alpha value is -3.70. The van der Waals surface area contributed by atoms with Gasteiger partial charge in [0.2, 0.25) is 5.91 Å². The second-order valence-electron chi connectivity index (χ2n) is 9.89. The largest absolute Gasteiger partial charge is 0.348 e. The van der Waals surface area contributed by atoms with E-state index in [0.29, 0.717) is 10.6 Å². The van der Waals surface area contributed by atoms with E-state index < -0.39 is 0 Å². The van der Waals surface area contributed by atoms with Crippen LogP contribution in [0.5, 0.6) is 0 Å². The Kier molecular flexibility index (Phi) is 6.62. The first-order valence-electron chi connectivity index (χ1n) is 12.9. The van der Waals surface area contributed by atoms with Crippen molar-refractivity contribution in [1.82, 2.24) is 31.2 Å². The Morgan fingerprint density at radius 2 is 2.00 bits per heavy atom. The van der Waals surface area contributed by atoms with E-state index >= 15 is 0 Å². The third-order valence-electron chi connectivity index (χ3n) is 7.67. The number of carbonyl (C=O) groups excluding carboxylic acids is 3. The van der Waals surface area contributed by atoms with Crippen LogP contribution < -0.4 is 26.2 Å². The molecule has 3 fully saturated rings. The number of hydrogen-bond donors (Lipinski definition) is 4. The van der Waals surface area contributed by atoms with Crippen LogP contribution >= 0.6 is 11.8 Å². The minimum Gasteiger partial charge on any atom is -0.348 e. The number of amides is 4. The lowest BCUT2D eigenvalue weighted by atomic mass is 9.86. The molecule has 2 aromatic heterocycles. The van der Waals surface area contributed by atoms with Crippen LogP contribution in [0.1, 0.15) is 25.7 Å². The molecule has 1 aliphatic carbocycles. The summed E-state index contributed by atoms with van der Waals surface area (Å²) in [5, 5.41) is 12.6. The molecule has 6 rings (SSSR count). The number of thioether (sulfide) groups is 1. The van der Waals surface area contributed by atoms with Gasteiger partial charge in [0.25, 0.3) is 5.91 Å². The first-order valence-corrected chi connectivity index (χ1v) is 13.8. The van der Waals surface area contributed by atoms with Gasteiger partial charge in [0.1, 0.15) is 0 Å². The summed E-state index contributed by atoms with van der Waals surface area (Å²) in [4.78, 5) is 49.9. The summed E-state index contributed by atoms with van der Waals surface area (Å²) in [6.45, 7) is 4.25. The fourth-order valence-corrected chi connectivity index (χ4v) is 7.34. The highest BCUT2D eigenvalue weighted by atomic mass is 32.2. The topological polar surface area (TPSA) is 128 Å². The first-order chi connectivity index (χ1) is 18.5. The van der Waals surface area contributed by atoms with Crippen molar-refractivity contribution in [2.24, 2.45) is 5.92 Å². The zero-order chi connectivity index (χ0) is 26.2. The summed E-state index contributed by atoms with van der Waals surface area (Å²) in [5.41, 5.74) is 3.06. The molecule has 0 aromatic carbocycles. The molecule has 10 nitrogen and oxygen atoms in total. The number of nitrogens with one attached hydrogen (secondary N) is 4. The third-order valence-corrected chi connectivity index (χ3v) is 9.03. The number of anilines is 1. The lowest BCUT2D eigenvalue weighted by molar-refractivity contribution is -0.119. The number of urea groups is 1. The van der Waals surface area contributed by atoms with Crippen molar-refractivity contribution in [2.75, 3.05) is 11.4 Å². The molecule has 5 atom stereocenters. The Bertz CT molecular complexity index is 1320. The number of pyridine rings is 2. The molecule has 2 aromatic rings. The fraction of sp³-hybridized carbons (Fsp3) is 0.370. The molecule has 3 aliphatic heterocycles. The average Bonchev–Trinajstić information content (AvgIpc) is 3.54. The maximum absolute atomic E-state index is 13.5. The second kappa shape index (κ2) is 10.2. The molecule has 11 heteroatoms. The molecular formula is C27H29N7O3S. The molecule has 4 N–H and O–H groups in total. The summed E-state index contributed by atoms with van der Waals surface area (Å²) in [5.74, 6) is -0.503. The van der Waals surface area contributed by atoms with E-state index in [1.54, 1.807) is 18.6 Å². The lowest BCUT2D eigenvalue weighted by Gasteiger charge is -2.45. The van der Waals surface area contributed by atoms with E-state index in [0.717, 1.165) is 49.2 Å². The first kappa shape index (κ1) is 24.6. The summed E-state index contributed by atoms with van der Waals surface area (Å²) in [6, 6.07) is 6.90. The van der Waals surface area contributed by atoms with Crippen molar-refractivity contribution in [3.63, 3.8) is 0 Å². The van der Waals surface area contributed by atoms with E-state index in [1.807, 2.05) is 29.2 Å². The Balaban J connectivity index is 1.26. The zero-order valence-electron chi connectivity index (χ0n) is 20.7. The number of hydrogen-bond acceptors (Lipinski definition) is 7. The van der Waals surface area contributed by atoms with Gasteiger partial charge in [0, 0.05) is 53.5 Å². The van der Waals surface area contributed by atoms with Crippen LogP contribution in [0, 0.1) is 5.92 Å². The van der Waals surface area contributed by atoms with Crippen molar-refractivity contribution in [3.8, 4) is 11.3 Å². The molecule has 38 heavy (non-hydrogen) atoms. The zero-order valence-corrected chi connectivity index (χ0v) is 21.5. The van der Waals surface area contributed by atoms with Crippen LogP contribution in [0.3, 0.4) is 0 Å². The van der Waals surface area contributed by atoms with Crippen LogP contribution in [0.2, 0.25) is 0 Å². The van der Waals surface area contributed by atoms with Crippen molar-refractivity contribution in [1.29, 1.82) is 0 Å². The van der Waals surface area contributed by atoms with Gasteiger partial charge in [0.15, 0.2) is 0 Å². The molecule has 2 saturated heterocycles. The van der Waals surface area contributed by atoms with Crippen LogP contribution in [-0.2, 0) is 9.59 Å². The van der Waals surface area contributed by atoms with E-state index in [-0.39, 0.29) is 47.3 Å². The normalized spacial score (nSPS) is 27.9. The van der Waals surface area contributed by atoms with Gasteiger partial charge in [-0.25, -0.2) is 4.79 Å². The van der Waals surface area contributed by atoms with E-state index in [2.05, 4.69) is 37.8 Å².